The lowest BCUT2D eigenvalue weighted by molar-refractivity contribution is 0.101. The van der Waals surface area contributed by atoms with Gasteiger partial charge in [-0.3, -0.25) is 9.59 Å². The lowest BCUT2D eigenvalue weighted by atomic mass is 10.1. The Morgan fingerprint density at radius 3 is 2.62 bits per heavy atom. The van der Waals surface area contributed by atoms with Gasteiger partial charge in [0.1, 0.15) is 0 Å². The summed E-state index contributed by atoms with van der Waals surface area (Å²) >= 11 is 0. The van der Waals surface area contributed by atoms with E-state index in [1.165, 1.54) is 6.92 Å². The zero-order valence-electron chi connectivity index (χ0n) is 7.46. The molecule has 1 N–H and O–H groups in total. The van der Waals surface area contributed by atoms with Crippen molar-refractivity contribution in [3.8, 4) is 0 Å². The molecule has 0 amide bonds. The highest BCUT2D eigenvalue weighted by Crippen LogP contribution is 2.38. The number of Topliss-reactive ketones (excluding diaryl/α,β-unsaturated/α-hetero) is 1. The second-order valence-corrected chi connectivity index (χ2v) is 3.49. The van der Waals surface area contributed by atoms with Crippen molar-refractivity contribution in [3.63, 3.8) is 0 Å². The summed E-state index contributed by atoms with van der Waals surface area (Å²) in [6, 6.07) is 3.46. The van der Waals surface area contributed by atoms with Gasteiger partial charge in [0.05, 0.1) is 5.56 Å². The molecule has 1 saturated carbocycles. The van der Waals surface area contributed by atoms with Gasteiger partial charge in [-0.05, 0) is 37.8 Å². The van der Waals surface area contributed by atoms with Gasteiger partial charge in [0.15, 0.2) is 5.78 Å². The highest BCUT2D eigenvalue weighted by Gasteiger charge is 2.24. The van der Waals surface area contributed by atoms with Gasteiger partial charge in [-0.2, -0.15) is 0 Å². The third-order valence-electron chi connectivity index (χ3n) is 2.33. The molecule has 13 heavy (non-hydrogen) atoms. The van der Waals surface area contributed by atoms with E-state index in [4.69, 9.17) is 0 Å². The number of aromatic amines is 1. The van der Waals surface area contributed by atoms with Gasteiger partial charge in [0.2, 0.25) is 0 Å². The number of rotatable bonds is 2. The molecule has 0 spiro atoms. The zero-order chi connectivity index (χ0) is 9.42. The van der Waals surface area contributed by atoms with E-state index in [0.29, 0.717) is 5.92 Å². The Bertz CT molecular complexity index is 402. The molecule has 1 aromatic heterocycles. The number of hydrogen-bond donors (Lipinski definition) is 1. The van der Waals surface area contributed by atoms with Gasteiger partial charge in [0, 0.05) is 5.69 Å². The molecule has 1 fully saturated rings. The minimum atomic E-state index is -0.253. The first-order valence-electron chi connectivity index (χ1n) is 4.42. The summed E-state index contributed by atoms with van der Waals surface area (Å²) in [5.41, 5.74) is 0.969. The Hall–Kier alpha value is -1.38. The van der Waals surface area contributed by atoms with Crippen LogP contribution in [0.3, 0.4) is 0 Å². The molecule has 0 aliphatic heterocycles. The van der Waals surface area contributed by atoms with Gasteiger partial charge in [0.25, 0.3) is 5.56 Å². The number of ketones is 1. The van der Waals surface area contributed by atoms with Crippen LogP contribution in [0.15, 0.2) is 16.9 Å². The molecule has 3 nitrogen and oxygen atoms in total. The summed E-state index contributed by atoms with van der Waals surface area (Å²) in [6.07, 6.45) is 2.30. The van der Waals surface area contributed by atoms with Crippen LogP contribution < -0.4 is 5.56 Å². The molecule has 0 saturated heterocycles. The quantitative estimate of drug-likeness (QED) is 0.695. The summed E-state index contributed by atoms with van der Waals surface area (Å²) in [6.45, 7) is 1.40. The maximum atomic E-state index is 11.3. The lowest BCUT2D eigenvalue weighted by Crippen LogP contribution is -2.16. The first kappa shape index (κ1) is 8.23. The highest BCUT2D eigenvalue weighted by atomic mass is 16.1. The number of nitrogens with one attached hydrogen (secondary N) is 1. The number of carbonyl (C=O) groups excluding carboxylic acids is 1. The fourth-order valence-corrected chi connectivity index (χ4v) is 1.40. The van der Waals surface area contributed by atoms with Gasteiger partial charge in [-0.1, -0.05) is 0 Å². The van der Waals surface area contributed by atoms with Crippen LogP contribution in [0.5, 0.6) is 0 Å². The lowest BCUT2D eigenvalue weighted by Gasteiger charge is -1.98. The van der Waals surface area contributed by atoms with Crippen molar-refractivity contribution < 1.29 is 4.79 Å². The smallest absolute Gasteiger partial charge is 0.259 e. The molecule has 68 valence electrons. The van der Waals surface area contributed by atoms with Crippen LogP contribution in [-0.2, 0) is 0 Å². The molecule has 1 aromatic rings. The monoisotopic (exact) mass is 177 g/mol. The first-order chi connectivity index (χ1) is 6.18. The maximum Gasteiger partial charge on any atom is 0.259 e. The van der Waals surface area contributed by atoms with Gasteiger partial charge < -0.3 is 4.98 Å². The van der Waals surface area contributed by atoms with Gasteiger partial charge in [-0.15, -0.1) is 0 Å². The van der Waals surface area contributed by atoms with Crippen molar-refractivity contribution in [2.45, 2.75) is 25.7 Å². The molecule has 3 heteroatoms. The van der Waals surface area contributed by atoms with E-state index in [-0.39, 0.29) is 16.9 Å². The van der Waals surface area contributed by atoms with Crippen molar-refractivity contribution >= 4 is 5.78 Å². The third kappa shape index (κ3) is 1.54. The fraction of sp³-hybridized carbons (Fsp3) is 0.400. The van der Waals surface area contributed by atoms with Gasteiger partial charge >= 0.3 is 0 Å². The third-order valence-corrected chi connectivity index (χ3v) is 2.33. The number of H-pyrrole nitrogens is 1. The Kier molecular flexibility index (Phi) is 1.79. The standard InChI is InChI=1S/C10H11NO2/c1-6(12)8-4-5-9(7-2-3-7)11-10(8)13/h4-5,7H,2-3H2,1H3,(H,11,13). The van der Waals surface area contributed by atoms with Crippen LogP contribution in [0.2, 0.25) is 0 Å². The minimum absolute atomic E-state index is 0.177. The minimum Gasteiger partial charge on any atom is -0.325 e. The topological polar surface area (TPSA) is 49.9 Å². The zero-order valence-corrected chi connectivity index (χ0v) is 7.46. The van der Waals surface area contributed by atoms with Crippen LogP contribution in [0.1, 0.15) is 41.7 Å². The molecule has 1 heterocycles. The number of hydrogen-bond acceptors (Lipinski definition) is 2. The molecule has 0 atom stereocenters. The molecular weight excluding hydrogens is 166 g/mol. The van der Waals surface area contributed by atoms with E-state index in [2.05, 4.69) is 4.98 Å². The fourth-order valence-electron chi connectivity index (χ4n) is 1.40. The summed E-state index contributed by atoms with van der Waals surface area (Å²) < 4.78 is 0. The van der Waals surface area contributed by atoms with Crippen molar-refractivity contribution in [1.82, 2.24) is 4.98 Å². The van der Waals surface area contributed by atoms with Crippen molar-refractivity contribution in [2.24, 2.45) is 0 Å². The first-order valence-corrected chi connectivity index (χ1v) is 4.42. The molecule has 1 aliphatic carbocycles. The SMILES string of the molecule is CC(=O)c1ccc(C2CC2)[nH]c1=O. The van der Waals surface area contributed by atoms with E-state index in [9.17, 15) is 9.59 Å². The van der Waals surface area contributed by atoms with E-state index in [1.54, 1.807) is 6.07 Å². The summed E-state index contributed by atoms with van der Waals surface area (Å²) in [7, 11) is 0. The second kappa shape index (κ2) is 2.83. The Labute approximate surface area is 75.8 Å². The molecule has 2 rings (SSSR count). The van der Waals surface area contributed by atoms with E-state index in [1.807, 2.05) is 6.07 Å². The molecule has 0 bridgehead atoms. The van der Waals surface area contributed by atoms with Crippen molar-refractivity contribution in [2.75, 3.05) is 0 Å². The molecule has 0 radical (unpaired) electrons. The van der Waals surface area contributed by atoms with Crippen LogP contribution in [0.25, 0.3) is 0 Å². The number of carbonyl (C=O) groups is 1. The molecule has 1 aliphatic rings. The van der Waals surface area contributed by atoms with Crippen LogP contribution >= 0.6 is 0 Å². The predicted octanol–water partition coefficient (Wildman–Crippen LogP) is 1.45. The molecule has 0 unspecified atom stereocenters. The van der Waals surface area contributed by atoms with Gasteiger partial charge in [-0.25, -0.2) is 0 Å². The number of aromatic nitrogens is 1. The number of pyridine rings is 1. The second-order valence-electron chi connectivity index (χ2n) is 3.49. The highest BCUT2D eigenvalue weighted by molar-refractivity contribution is 5.93. The summed E-state index contributed by atoms with van der Waals surface area (Å²) in [5, 5.41) is 0. The Balaban J connectivity index is 2.42. The van der Waals surface area contributed by atoms with Crippen LogP contribution in [-0.4, -0.2) is 10.8 Å². The maximum absolute atomic E-state index is 11.3. The molecule has 0 aromatic carbocycles. The normalized spacial score (nSPS) is 15.8. The summed E-state index contributed by atoms with van der Waals surface area (Å²) in [4.78, 5) is 25.0. The summed E-state index contributed by atoms with van der Waals surface area (Å²) in [5.74, 6) is 0.345. The van der Waals surface area contributed by atoms with E-state index >= 15 is 0 Å². The van der Waals surface area contributed by atoms with Crippen LogP contribution in [0, 0.1) is 0 Å². The van der Waals surface area contributed by atoms with Crippen LogP contribution in [0.4, 0.5) is 0 Å². The van der Waals surface area contributed by atoms with Crippen molar-refractivity contribution in [3.05, 3.63) is 33.7 Å². The largest absolute Gasteiger partial charge is 0.325 e. The van der Waals surface area contributed by atoms with Crippen molar-refractivity contribution in [1.29, 1.82) is 0 Å². The van der Waals surface area contributed by atoms with E-state index < -0.39 is 0 Å². The Morgan fingerprint density at radius 1 is 1.46 bits per heavy atom. The average molecular weight is 177 g/mol. The predicted molar refractivity (Wildman–Crippen MR) is 49.0 cm³/mol. The average Bonchev–Trinajstić information content (AvgIpc) is 2.85. The Morgan fingerprint density at radius 2 is 2.15 bits per heavy atom. The van der Waals surface area contributed by atoms with E-state index in [0.717, 1.165) is 18.5 Å². The molecular formula is C10H11NO2.